The predicted molar refractivity (Wildman–Crippen MR) is 62.5 cm³/mol. The molecule has 0 bridgehead atoms. The molecule has 88 valence electrons. The van der Waals surface area contributed by atoms with Crippen LogP contribution < -0.4 is 0 Å². The first-order valence-corrected chi connectivity index (χ1v) is 5.78. The zero-order valence-electron chi connectivity index (χ0n) is 8.89. The molecule has 1 heterocycles. The topological polar surface area (TPSA) is 31.6 Å². The summed E-state index contributed by atoms with van der Waals surface area (Å²) in [5.74, 6) is -0.810. The van der Waals surface area contributed by atoms with Crippen molar-refractivity contribution in [2.45, 2.75) is 18.8 Å². The lowest BCUT2D eigenvalue weighted by Gasteiger charge is -2.04. The number of imidazole rings is 1. The van der Waals surface area contributed by atoms with E-state index in [4.69, 9.17) is 12.2 Å². The predicted octanol–water partition coefficient (Wildman–Crippen LogP) is 3.23. The second kappa shape index (κ2) is 3.77. The summed E-state index contributed by atoms with van der Waals surface area (Å²) < 4.78 is 27.2. The number of hydrogen-bond acceptors (Lipinski definition) is 1. The van der Waals surface area contributed by atoms with Crippen LogP contribution in [-0.4, -0.2) is 9.97 Å². The van der Waals surface area contributed by atoms with Gasteiger partial charge < -0.3 is 9.97 Å². The van der Waals surface area contributed by atoms with Crippen LogP contribution in [0.4, 0.5) is 8.78 Å². The van der Waals surface area contributed by atoms with Gasteiger partial charge in [-0.15, -0.1) is 0 Å². The number of benzene rings is 1. The van der Waals surface area contributed by atoms with E-state index in [1.807, 2.05) is 0 Å². The third-order valence-electron chi connectivity index (χ3n) is 3.23. The first kappa shape index (κ1) is 10.7. The summed E-state index contributed by atoms with van der Waals surface area (Å²) in [6.45, 7) is 0. The highest BCUT2D eigenvalue weighted by Crippen LogP contribution is 2.34. The van der Waals surface area contributed by atoms with Gasteiger partial charge in [-0.25, -0.2) is 8.78 Å². The average Bonchev–Trinajstić information content (AvgIpc) is 2.83. The quantitative estimate of drug-likeness (QED) is 0.750. The Bertz CT molecular complexity index is 630. The molecule has 1 aliphatic rings. The van der Waals surface area contributed by atoms with Gasteiger partial charge in [0.05, 0.1) is 0 Å². The molecule has 1 aromatic heterocycles. The minimum atomic E-state index is -0.510. The van der Waals surface area contributed by atoms with Gasteiger partial charge in [0.25, 0.3) is 0 Å². The van der Waals surface area contributed by atoms with Gasteiger partial charge >= 0.3 is 0 Å². The summed E-state index contributed by atoms with van der Waals surface area (Å²) >= 11 is 4.96. The number of halogens is 2. The molecular weight excluding hydrogens is 242 g/mol. The molecule has 0 aliphatic heterocycles. The van der Waals surface area contributed by atoms with E-state index in [1.54, 1.807) is 6.20 Å². The fraction of sp³-hybridized carbons (Fsp3) is 0.250. The van der Waals surface area contributed by atoms with Crippen molar-refractivity contribution in [2.75, 3.05) is 0 Å². The second-order valence-electron chi connectivity index (χ2n) is 4.33. The highest BCUT2D eigenvalue weighted by Gasteiger charge is 2.27. The molecular formula is C12H10F2N2S. The summed E-state index contributed by atoms with van der Waals surface area (Å²) in [5, 5.41) is 0. The maximum atomic E-state index is 13.6. The van der Waals surface area contributed by atoms with Gasteiger partial charge in [-0.05, 0) is 42.3 Å². The van der Waals surface area contributed by atoms with E-state index in [2.05, 4.69) is 9.97 Å². The Labute approximate surface area is 102 Å². The molecule has 1 aliphatic carbocycles. The van der Waals surface area contributed by atoms with Crippen molar-refractivity contribution in [3.63, 3.8) is 0 Å². The van der Waals surface area contributed by atoms with Crippen molar-refractivity contribution >= 4 is 12.2 Å². The maximum absolute atomic E-state index is 13.6. The molecule has 3 rings (SSSR count). The summed E-state index contributed by atoms with van der Waals surface area (Å²) in [6.07, 6.45) is 3.03. The minimum Gasteiger partial charge on any atom is -0.337 e. The van der Waals surface area contributed by atoms with Crippen LogP contribution >= 0.6 is 12.2 Å². The average molecular weight is 252 g/mol. The molecule has 0 fully saturated rings. The fourth-order valence-corrected chi connectivity index (χ4v) is 2.61. The van der Waals surface area contributed by atoms with Crippen LogP contribution in [0.2, 0.25) is 0 Å². The minimum absolute atomic E-state index is 0.147. The molecule has 0 saturated heterocycles. The van der Waals surface area contributed by atoms with Gasteiger partial charge in [-0.3, -0.25) is 0 Å². The number of aromatic amines is 2. The van der Waals surface area contributed by atoms with E-state index in [1.165, 1.54) is 6.07 Å². The van der Waals surface area contributed by atoms with E-state index >= 15 is 0 Å². The Morgan fingerprint density at radius 3 is 2.76 bits per heavy atom. The third kappa shape index (κ3) is 1.80. The summed E-state index contributed by atoms with van der Waals surface area (Å²) in [7, 11) is 0. The number of nitrogens with one attached hydrogen (secondary N) is 2. The third-order valence-corrected chi connectivity index (χ3v) is 3.45. The summed E-state index contributed by atoms with van der Waals surface area (Å²) in [5.41, 5.74) is 2.33. The van der Waals surface area contributed by atoms with Crippen molar-refractivity contribution in [3.05, 3.63) is 51.6 Å². The normalized spacial score (nSPS) is 18.4. The van der Waals surface area contributed by atoms with Crippen LogP contribution in [0.15, 0.2) is 18.3 Å². The van der Waals surface area contributed by atoms with Crippen molar-refractivity contribution < 1.29 is 8.78 Å². The Morgan fingerprint density at radius 1 is 1.24 bits per heavy atom. The zero-order valence-corrected chi connectivity index (χ0v) is 9.70. The Morgan fingerprint density at radius 2 is 2.06 bits per heavy atom. The van der Waals surface area contributed by atoms with Crippen LogP contribution in [0.25, 0.3) is 0 Å². The number of aromatic nitrogens is 2. The molecule has 0 amide bonds. The SMILES string of the molecule is Fc1cc(F)c2c(c1)CC(c1c[nH]c(=S)[nH]1)C2. The molecule has 1 unspecified atom stereocenters. The molecule has 2 N–H and O–H groups in total. The second-order valence-corrected chi connectivity index (χ2v) is 4.74. The Hall–Kier alpha value is -1.49. The lowest BCUT2D eigenvalue weighted by molar-refractivity contribution is 0.572. The molecule has 1 atom stereocenters. The maximum Gasteiger partial charge on any atom is 0.174 e. The van der Waals surface area contributed by atoms with Gasteiger partial charge in [0.1, 0.15) is 11.6 Å². The smallest absolute Gasteiger partial charge is 0.174 e. The molecule has 0 radical (unpaired) electrons. The number of rotatable bonds is 1. The van der Waals surface area contributed by atoms with Crippen LogP contribution in [0.3, 0.4) is 0 Å². The zero-order chi connectivity index (χ0) is 12.0. The first-order valence-electron chi connectivity index (χ1n) is 5.38. The highest BCUT2D eigenvalue weighted by molar-refractivity contribution is 7.71. The molecule has 2 aromatic rings. The lowest BCUT2D eigenvalue weighted by atomic mass is 10.0. The van der Waals surface area contributed by atoms with Gasteiger partial charge in [0, 0.05) is 23.9 Å². The van der Waals surface area contributed by atoms with Gasteiger partial charge in [0.15, 0.2) is 4.77 Å². The number of hydrogen-bond donors (Lipinski definition) is 2. The largest absolute Gasteiger partial charge is 0.337 e. The molecule has 5 heteroatoms. The van der Waals surface area contributed by atoms with E-state index in [9.17, 15) is 8.78 Å². The molecule has 1 aromatic carbocycles. The van der Waals surface area contributed by atoms with Crippen molar-refractivity contribution in [1.29, 1.82) is 0 Å². The van der Waals surface area contributed by atoms with Crippen molar-refractivity contribution in [1.82, 2.24) is 9.97 Å². The van der Waals surface area contributed by atoms with Gasteiger partial charge in [-0.1, -0.05) is 0 Å². The highest BCUT2D eigenvalue weighted by atomic mass is 32.1. The molecule has 17 heavy (non-hydrogen) atoms. The number of fused-ring (bicyclic) bond motifs is 1. The fourth-order valence-electron chi connectivity index (χ4n) is 2.44. The van der Waals surface area contributed by atoms with E-state index in [0.717, 1.165) is 17.3 Å². The molecule has 0 saturated carbocycles. The van der Waals surface area contributed by atoms with E-state index < -0.39 is 11.6 Å². The molecule has 0 spiro atoms. The van der Waals surface area contributed by atoms with Crippen molar-refractivity contribution in [3.8, 4) is 0 Å². The van der Waals surface area contributed by atoms with Crippen LogP contribution in [-0.2, 0) is 12.8 Å². The summed E-state index contributed by atoms with van der Waals surface area (Å²) in [4.78, 5) is 5.92. The summed E-state index contributed by atoms with van der Waals surface area (Å²) in [6, 6.07) is 2.36. The Kier molecular flexibility index (Phi) is 2.36. The Balaban J connectivity index is 1.98. The number of H-pyrrole nitrogens is 2. The standard InChI is InChI=1S/C12H10F2N2S/c13-8-2-6-1-7(3-9(6)10(14)4-8)11-5-15-12(17)16-11/h2,4-5,7H,1,3H2,(H2,15,16,17). The van der Waals surface area contributed by atoms with Crippen LogP contribution in [0.1, 0.15) is 22.7 Å². The lowest BCUT2D eigenvalue weighted by Crippen LogP contribution is -1.98. The van der Waals surface area contributed by atoms with Crippen molar-refractivity contribution in [2.24, 2.45) is 0 Å². The van der Waals surface area contributed by atoms with Gasteiger partial charge in [0.2, 0.25) is 0 Å². The van der Waals surface area contributed by atoms with Gasteiger partial charge in [-0.2, -0.15) is 0 Å². The van der Waals surface area contributed by atoms with E-state index in [-0.39, 0.29) is 5.92 Å². The molecule has 2 nitrogen and oxygen atoms in total. The first-order chi connectivity index (χ1) is 8.13. The van der Waals surface area contributed by atoms with Crippen LogP contribution in [0, 0.1) is 16.4 Å². The van der Waals surface area contributed by atoms with Crippen LogP contribution in [0.5, 0.6) is 0 Å². The monoisotopic (exact) mass is 252 g/mol. The van der Waals surface area contributed by atoms with E-state index in [0.29, 0.717) is 23.2 Å².